The van der Waals surface area contributed by atoms with Crippen molar-refractivity contribution >= 4 is 11.7 Å². The van der Waals surface area contributed by atoms with Gasteiger partial charge in [0.25, 0.3) is 0 Å². The van der Waals surface area contributed by atoms with E-state index in [9.17, 15) is 9.18 Å². The maximum Gasteiger partial charge on any atom is 0.232 e. The quantitative estimate of drug-likeness (QED) is 0.509. The van der Waals surface area contributed by atoms with E-state index in [1.54, 1.807) is 48.2 Å². The Bertz CT molecular complexity index is 1160. The molecule has 0 N–H and O–H groups in total. The molecule has 2 heterocycles. The van der Waals surface area contributed by atoms with Gasteiger partial charge in [0.2, 0.25) is 5.91 Å². The number of nitrogens with zero attached hydrogens (tertiary/aromatic N) is 5. The fourth-order valence-electron chi connectivity index (χ4n) is 3.42. The van der Waals surface area contributed by atoms with Crippen LogP contribution in [0, 0.1) is 5.82 Å². The Morgan fingerprint density at radius 3 is 2.40 bits per heavy atom. The minimum absolute atomic E-state index is 0.0712. The molecule has 0 atom stereocenters. The molecule has 0 aliphatic carbocycles. The van der Waals surface area contributed by atoms with Crippen LogP contribution in [0.4, 0.5) is 10.2 Å². The molecule has 0 unspecified atom stereocenters. The summed E-state index contributed by atoms with van der Waals surface area (Å²) in [6, 6.07) is 17.5. The molecule has 0 aliphatic heterocycles. The molecule has 4 rings (SSSR count). The normalized spacial score (nSPS) is 10.8. The maximum absolute atomic E-state index is 13.5. The first-order chi connectivity index (χ1) is 14.5. The molecule has 0 bridgehead atoms. The highest BCUT2D eigenvalue weighted by molar-refractivity contribution is 6.00. The van der Waals surface area contributed by atoms with Gasteiger partial charge in [-0.25, -0.2) is 4.39 Å². The minimum atomic E-state index is -0.322. The number of amides is 1. The predicted octanol–water partition coefficient (Wildman–Crippen LogP) is 3.89. The Morgan fingerprint density at radius 2 is 1.73 bits per heavy atom. The van der Waals surface area contributed by atoms with Crippen LogP contribution in [0.3, 0.4) is 0 Å². The van der Waals surface area contributed by atoms with Gasteiger partial charge in [-0.3, -0.25) is 14.4 Å². The SMILES string of the molecule is CN(C(=O)Cc1ccccc1)c1c(-c2ccnnc2)c(-c2ccc(F)cc2)nn1C. The molecular formula is C23H20FN5O. The fraction of sp³-hybridized carbons (Fsp3) is 0.130. The summed E-state index contributed by atoms with van der Waals surface area (Å²) in [7, 11) is 3.52. The average molecular weight is 401 g/mol. The topological polar surface area (TPSA) is 63.9 Å². The third-order valence-electron chi connectivity index (χ3n) is 4.90. The molecule has 0 saturated heterocycles. The van der Waals surface area contributed by atoms with Crippen molar-refractivity contribution in [3.8, 4) is 22.4 Å². The average Bonchev–Trinajstić information content (AvgIpc) is 3.12. The number of aromatic nitrogens is 4. The van der Waals surface area contributed by atoms with Crippen molar-refractivity contribution in [2.24, 2.45) is 7.05 Å². The van der Waals surface area contributed by atoms with Crippen LogP contribution in [0.25, 0.3) is 22.4 Å². The summed E-state index contributed by atoms with van der Waals surface area (Å²) in [5, 5.41) is 12.5. The van der Waals surface area contributed by atoms with Crippen LogP contribution in [0.15, 0.2) is 73.1 Å². The number of anilines is 1. The molecule has 7 heteroatoms. The minimum Gasteiger partial charge on any atom is -0.299 e. The van der Waals surface area contributed by atoms with Gasteiger partial charge in [-0.1, -0.05) is 30.3 Å². The van der Waals surface area contributed by atoms with Gasteiger partial charge in [-0.2, -0.15) is 15.3 Å². The molecule has 6 nitrogen and oxygen atoms in total. The highest BCUT2D eigenvalue weighted by Crippen LogP contribution is 2.38. The Labute approximate surface area is 173 Å². The number of benzene rings is 2. The molecule has 2 aromatic carbocycles. The number of likely N-dealkylation sites (N-methyl/N-ethyl adjacent to an activating group) is 1. The van der Waals surface area contributed by atoms with Crippen molar-refractivity contribution in [3.05, 3.63) is 84.4 Å². The van der Waals surface area contributed by atoms with Crippen LogP contribution in [0.2, 0.25) is 0 Å². The molecule has 30 heavy (non-hydrogen) atoms. The second kappa shape index (κ2) is 8.24. The van der Waals surface area contributed by atoms with Crippen molar-refractivity contribution in [1.29, 1.82) is 0 Å². The Kier molecular flexibility index (Phi) is 5.34. The molecule has 0 fully saturated rings. The molecule has 0 spiro atoms. The first kappa shape index (κ1) is 19.4. The third-order valence-corrected chi connectivity index (χ3v) is 4.90. The third kappa shape index (κ3) is 3.82. The number of hydrogen-bond donors (Lipinski definition) is 0. The number of halogens is 1. The number of carbonyl (C=O) groups excluding carboxylic acids is 1. The van der Waals surface area contributed by atoms with Crippen molar-refractivity contribution in [2.45, 2.75) is 6.42 Å². The lowest BCUT2D eigenvalue weighted by Crippen LogP contribution is -2.30. The van der Waals surface area contributed by atoms with E-state index in [-0.39, 0.29) is 18.1 Å². The van der Waals surface area contributed by atoms with Crippen LogP contribution < -0.4 is 4.90 Å². The van der Waals surface area contributed by atoms with Crippen molar-refractivity contribution in [3.63, 3.8) is 0 Å². The zero-order valence-corrected chi connectivity index (χ0v) is 16.7. The van der Waals surface area contributed by atoms with Gasteiger partial charge in [0.05, 0.1) is 24.4 Å². The predicted molar refractivity (Wildman–Crippen MR) is 113 cm³/mol. The number of aryl methyl sites for hydroxylation is 1. The zero-order chi connectivity index (χ0) is 21.1. The maximum atomic E-state index is 13.5. The summed E-state index contributed by atoms with van der Waals surface area (Å²) in [4.78, 5) is 14.6. The monoisotopic (exact) mass is 401 g/mol. The van der Waals surface area contributed by atoms with E-state index < -0.39 is 0 Å². The van der Waals surface area contributed by atoms with E-state index in [1.807, 2.05) is 36.4 Å². The van der Waals surface area contributed by atoms with Crippen molar-refractivity contribution in [1.82, 2.24) is 20.0 Å². The smallest absolute Gasteiger partial charge is 0.232 e. The zero-order valence-electron chi connectivity index (χ0n) is 16.7. The highest BCUT2D eigenvalue weighted by atomic mass is 19.1. The second-order valence-electron chi connectivity index (χ2n) is 6.92. The molecule has 0 aliphatic rings. The Morgan fingerprint density at radius 1 is 1.00 bits per heavy atom. The van der Waals surface area contributed by atoms with Gasteiger partial charge in [-0.15, -0.1) is 0 Å². The van der Waals surface area contributed by atoms with E-state index in [1.165, 1.54) is 12.1 Å². The van der Waals surface area contributed by atoms with Crippen LogP contribution in [-0.2, 0) is 18.3 Å². The Hall–Kier alpha value is -3.87. The molecule has 1 amide bonds. The largest absolute Gasteiger partial charge is 0.299 e. The number of hydrogen-bond acceptors (Lipinski definition) is 4. The fourth-order valence-corrected chi connectivity index (χ4v) is 3.42. The van der Waals surface area contributed by atoms with E-state index in [4.69, 9.17) is 0 Å². The summed E-state index contributed by atoms with van der Waals surface area (Å²) >= 11 is 0. The molecular weight excluding hydrogens is 381 g/mol. The van der Waals surface area contributed by atoms with Gasteiger partial charge < -0.3 is 0 Å². The lowest BCUT2D eigenvalue weighted by Gasteiger charge is -2.19. The highest BCUT2D eigenvalue weighted by Gasteiger charge is 2.25. The van der Waals surface area contributed by atoms with Gasteiger partial charge >= 0.3 is 0 Å². The first-order valence-corrected chi connectivity index (χ1v) is 9.45. The molecule has 4 aromatic rings. The van der Waals surface area contributed by atoms with E-state index in [0.29, 0.717) is 11.5 Å². The summed E-state index contributed by atoms with van der Waals surface area (Å²) in [5.74, 6) is 0.235. The van der Waals surface area contributed by atoms with E-state index >= 15 is 0 Å². The molecule has 150 valence electrons. The van der Waals surface area contributed by atoms with Crippen LogP contribution in [-0.4, -0.2) is 32.9 Å². The van der Waals surface area contributed by atoms with Gasteiger partial charge in [0.15, 0.2) is 0 Å². The lowest BCUT2D eigenvalue weighted by molar-refractivity contribution is -0.117. The van der Waals surface area contributed by atoms with Gasteiger partial charge in [0, 0.05) is 25.2 Å². The van der Waals surface area contributed by atoms with Gasteiger partial charge in [0.1, 0.15) is 17.3 Å². The summed E-state index contributed by atoms with van der Waals surface area (Å²) in [6.07, 6.45) is 3.48. The first-order valence-electron chi connectivity index (χ1n) is 9.45. The van der Waals surface area contributed by atoms with Crippen LogP contribution >= 0.6 is 0 Å². The van der Waals surface area contributed by atoms with Crippen molar-refractivity contribution in [2.75, 3.05) is 11.9 Å². The summed E-state index contributed by atoms with van der Waals surface area (Å²) in [6.45, 7) is 0. The Balaban J connectivity index is 1.81. The molecule has 0 radical (unpaired) electrons. The number of carbonyl (C=O) groups is 1. The number of rotatable bonds is 5. The van der Waals surface area contributed by atoms with E-state index in [2.05, 4.69) is 15.3 Å². The molecule has 0 saturated carbocycles. The van der Waals surface area contributed by atoms with Gasteiger partial charge in [-0.05, 0) is 35.9 Å². The summed E-state index contributed by atoms with van der Waals surface area (Å²) in [5.41, 5.74) is 3.82. The van der Waals surface area contributed by atoms with Crippen LogP contribution in [0.5, 0.6) is 0 Å². The molecule has 2 aromatic heterocycles. The van der Waals surface area contributed by atoms with Crippen LogP contribution in [0.1, 0.15) is 5.56 Å². The second-order valence-corrected chi connectivity index (χ2v) is 6.92. The lowest BCUT2D eigenvalue weighted by atomic mass is 10.0. The standard InChI is InChI=1S/C23H20FN5O/c1-28(20(30)14-16-6-4-3-5-7-16)23-21(18-12-13-25-26-15-18)22(27-29(23)2)17-8-10-19(24)11-9-17/h3-13,15H,14H2,1-2H3. The van der Waals surface area contributed by atoms with Crippen molar-refractivity contribution < 1.29 is 9.18 Å². The van der Waals surface area contributed by atoms with E-state index in [0.717, 1.165) is 22.3 Å². The summed E-state index contributed by atoms with van der Waals surface area (Å²) < 4.78 is 15.1.